The SMILES string of the molecule is COc1cccc(OC)c1-n1c(NSC(C)C(OC)c2cnc(C)cn2)nnc1-c1ccccn1. The maximum Gasteiger partial charge on any atom is 0.239 e. The van der Waals surface area contributed by atoms with Gasteiger partial charge in [-0.25, -0.2) is 0 Å². The summed E-state index contributed by atoms with van der Waals surface area (Å²) in [6.45, 7) is 3.94. The number of hydrogen-bond acceptors (Lipinski definition) is 10. The molecular weight excluding hydrogens is 466 g/mol. The van der Waals surface area contributed by atoms with Crippen LogP contribution < -0.4 is 14.2 Å². The Morgan fingerprint density at radius 3 is 2.29 bits per heavy atom. The highest BCUT2D eigenvalue weighted by molar-refractivity contribution is 8.01. The standard InChI is InChI=1S/C24H27N7O3S/c1-15-13-27-18(14-26-15)22(34-5)16(2)35-30-24-29-28-23(17-9-6-7-12-25-17)31(24)21-19(32-3)10-8-11-20(21)33-4/h6-14,16,22H,1-5H3,(H,29,30). The van der Waals surface area contributed by atoms with Gasteiger partial charge in [-0.15, -0.1) is 10.2 Å². The van der Waals surface area contributed by atoms with Crippen LogP contribution in [0.25, 0.3) is 17.2 Å². The number of ether oxygens (including phenoxy) is 3. The van der Waals surface area contributed by atoms with E-state index < -0.39 is 0 Å². The van der Waals surface area contributed by atoms with Gasteiger partial charge >= 0.3 is 0 Å². The Balaban J connectivity index is 1.71. The number of aryl methyl sites for hydroxylation is 1. The summed E-state index contributed by atoms with van der Waals surface area (Å²) < 4.78 is 22.2. The lowest BCUT2D eigenvalue weighted by atomic mass is 10.2. The molecule has 0 saturated heterocycles. The van der Waals surface area contributed by atoms with Crippen LogP contribution in [0.2, 0.25) is 0 Å². The molecule has 1 N–H and O–H groups in total. The quantitative estimate of drug-likeness (QED) is 0.321. The zero-order valence-corrected chi connectivity index (χ0v) is 21.0. The summed E-state index contributed by atoms with van der Waals surface area (Å²) in [5.74, 6) is 2.23. The van der Waals surface area contributed by atoms with Crippen molar-refractivity contribution in [1.82, 2.24) is 29.7 Å². The summed E-state index contributed by atoms with van der Waals surface area (Å²) in [5, 5.41) is 8.81. The predicted molar refractivity (Wildman–Crippen MR) is 135 cm³/mol. The van der Waals surface area contributed by atoms with Crippen LogP contribution in [0.3, 0.4) is 0 Å². The minimum Gasteiger partial charge on any atom is -0.494 e. The summed E-state index contributed by atoms with van der Waals surface area (Å²) in [4.78, 5) is 13.3. The van der Waals surface area contributed by atoms with E-state index in [-0.39, 0.29) is 11.4 Å². The lowest BCUT2D eigenvalue weighted by molar-refractivity contribution is 0.101. The van der Waals surface area contributed by atoms with Crippen LogP contribution in [0.4, 0.5) is 5.95 Å². The minimum absolute atomic E-state index is 0.0416. The van der Waals surface area contributed by atoms with Crippen LogP contribution in [0, 0.1) is 6.92 Å². The lowest BCUT2D eigenvalue weighted by Crippen LogP contribution is -2.18. The number of rotatable bonds is 10. The van der Waals surface area contributed by atoms with Gasteiger partial charge in [0.25, 0.3) is 0 Å². The van der Waals surface area contributed by atoms with Crippen LogP contribution in [0.1, 0.15) is 24.4 Å². The Bertz CT molecular complexity index is 1230. The second-order valence-corrected chi connectivity index (χ2v) is 8.76. The molecule has 4 rings (SSSR count). The molecule has 0 amide bonds. The number of para-hydroxylation sites is 1. The number of aromatic nitrogens is 6. The summed E-state index contributed by atoms with van der Waals surface area (Å²) in [5.41, 5.74) is 2.92. The van der Waals surface area contributed by atoms with E-state index in [4.69, 9.17) is 14.2 Å². The molecule has 1 aromatic carbocycles. The second-order valence-electron chi connectivity index (χ2n) is 7.57. The average Bonchev–Trinajstić information content (AvgIpc) is 3.32. The Labute approximate surface area is 208 Å². The first-order chi connectivity index (χ1) is 17.1. The molecule has 0 aliphatic heterocycles. The molecule has 0 bridgehead atoms. The van der Waals surface area contributed by atoms with Gasteiger partial charge in [-0.1, -0.05) is 12.1 Å². The Morgan fingerprint density at radius 1 is 0.914 bits per heavy atom. The number of nitrogens with zero attached hydrogens (tertiary/aromatic N) is 6. The molecule has 11 heteroatoms. The number of pyridine rings is 1. The fraction of sp³-hybridized carbons (Fsp3) is 0.292. The first-order valence-corrected chi connectivity index (χ1v) is 11.8. The van der Waals surface area contributed by atoms with Gasteiger partial charge in [-0.3, -0.25) is 24.2 Å². The van der Waals surface area contributed by atoms with E-state index in [0.29, 0.717) is 34.7 Å². The maximum atomic E-state index is 5.73. The Kier molecular flexibility index (Phi) is 7.78. The molecule has 3 aromatic heterocycles. The fourth-order valence-corrected chi connectivity index (χ4v) is 4.38. The van der Waals surface area contributed by atoms with Crippen LogP contribution in [-0.2, 0) is 4.74 Å². The van der Waals surface area contributed by atoms with Crippen molar-refractivity contribution in [2.75, 3.05) is 26.1 Å². The molecule has 0 spiro atoms. The van der Waals surface area contributed by atoms with E-state index in [0.717, 1.165) is 11.4 Å². The van der Waals surface area contributed by atoms with Crippen LogP contribution >= 0.6 is 11.9 Å². The van der Waals surface area contributed by atoms with Gasteiger partial charge in [-0.2, -0.15) is 0 Å². The number of methoxy groups -OCH3 is 3. The van der Waals surface area contributed by atoms with E-state index >= 15 is 0 Å². The second kappa shape index (κ2) is 11.2. The van der Waals surface area contributed by atoms with E-state index in [1.807, 2.05) is 54.8 Å². The van der Waals surface area contributed by atoms with Gasteiger partial charge in [0.05, 0.1) is 37.1 Å². The number of anilines is 1. The predicted octanol–water partition coefficient (Wildman–Crippen LogP) is 4.28. The molecule has 0 aliphatic carbocycles. The normalized spacial score (nSPS) is 12.7. The van der Waals surface area contributed by atoms with Crippen molar-refractivity contribution >= 4 is 17.9 Å². The van der Waals surface area contributed by atoms with Crippen molar-refractivity contribution in [1.29, 1.82) is 0 Å². The van der Waals surface area contributed by atoms with Crippen molar-refractivity contribution in [2.24, 2.45) is 0 Å². The zero-order chi connectivity index (χ0) is 24.8. The average molecular weight is 494 g/mol. The van der Waals surface area contributed by atoms with Gasteiger partial charge < -0.3 is 14.2 Å². The highest BCUT2D eigenvalue weighted by Gasteiger charge is 2.26. The largest absolute Gasteiger partial charge is 0.494 e. The van der Waals surface area contributed by atoms with E-state index in [2.05, 4.69) is 29.9 Å². The Hall–Kier alpha value is -3.70. The number of hydrogen-bond donors (Lipinski definition) is 1. The smallest absolute Gasteiger partial charge is 0.239 e. The van der Waals surface area contributed by atoms with Gasteiger partial charge in [0.1, 0.15) is 29.0 Å². The molecule has 0 saturated carbocycles. The zero-order valence-electron chi connectivity index (χ0n) is 20.2. The topological polar surface area (TPSA) is 109 Å². The van der Waals surface area contributed by atoms with Gasteiger partial charge in [0, 0.05) is 19.5 Å². The number of nitrogens with one attached hydrogen (secondary N) is 1. The number of benzene rings is 1. The molecule has 0 radical (unpaired) electrons. The third-order valence-corrected chi connectivity index (χ3v) is 6.21. The van der Waals surface area contributed by atoms with Crippen molar-refractivity contribution in [3.8, 4) is 28.7 Å². The minimum atomic E-state index is -0.284. The van der Waals surface area contributed by atoms with Crippen LogP contribution in [0.15, 0.2) is 55.0 Å². The first kappa shape index (κ1) is 24.4. The van der Waals surface area contributed by atoms with Crippen molar-refractivity contribution in [3.05, 3.63) is 66.4 Å². The summed E-state index contributed by atoms with van der Waals surface area (Å²) in [7, 11) is 4.88. The molecule has 2 unspecified atom stereocenters. The van der Waals surface area contributed by atoms with Crippen molar-refractivity contribution in [3.63, 3.8) is 0 Å². The van der Waals surface area contributed by atoms with Crippen LogP contribution in [-0.4, -0.2) is 56.3 Å². The van der Waals surface area contributed by atoms with Crippen LogP contribution in [0.5, 0.6) is 11.5 Å². The summed E-state index contributed by atoms with van der Waals surface area (Å²) in [6.07, 6.45) is 4.90. The highest BCUT2D eigenvalue weighted by Crippen LogP contribution is 2.38. The van der Waals surface area contributed by atoms with E-state index in [1.54, 1.807) is 39.9 Å². The lowest BCUT2D eigenvalue weighted by Gasteiger charge is -2.22. The van der Waals surface area contributed by atoms with Gasteiger partial charge in [0.15, 0.2) is 5.82 Å². The van der Waals surface area contributed by atoms with Crippen molar-refractivity contribution in [2.45, 2.75) is 25.2 Å². The van der Waals surface area contributed by atoms with Gasteiger partial charge in [-0.05, 0) is 50.1 Å². The Morgan fingerprint density at radius 2 is 1.69 bits per heavy atom. The molecule has 10 nitrogen and oxygen atoms in total. The summed E-state index contributed by atoms with van der Waals surface area (Å²) >= 11 is 1.44. The molecule has 4 aromatic rings. The highest BCUT2D eigenvalue weighted by atomic mass is 32.2. The molecule has 2 atom stereocenters. The van der Waals surface area contributed by atoms with E-state index in [1.165, 1.54) is 11.9 Å². The van der Waals surface area contributed by atoms with Gasteiger partial charge in [0.2, 0.25) is 5.95 Å². The summed E-state index contributed by atoms with van der Waals surface area (Å²) in [6, 6.07) is 11.2. The third kappa shape index (κ3) is 5.20. The van der Waals surface area contributed by atoms with Crippen molar-refractivity contribution < 1.29 is 14.2 Å². The molecule has 182 valence electrons. The molecule has 3 heterocycles. The maximum absolute atomic E-state index is 5.73. The molecular formula is C24H27N7O3S. The molecule has 0 fully saturated rings. The molecule has 35 heavy (non-hydrogen) atoms. The van der Waals surface area contributed by atoms with E-state index in [9.17, 15) is 0 Å². The molecule has 0 aliphatic rings. The fourth-order valence-electron chi connectivity index (χ4n) is 3.58. The first-order valence-electron chi connectivity index (χ1n) is 10.9. The monoisotopic (exact) mass is 493 g/mol. The third-order valence-electron chi connectivity index (χ3n) is 5.29.